The minimum Gasteiger partial charge on any atom is -0.481 e. The zero-order valence-corrected chi connectivity index (χ0v) is 17.8. The first-order valence-corrected chi connectivity index (χ1v) is 10.5. The van der Waals surface area contributed by atoms with Crippen LogP contribution in [-0.2, 0) is 17.2 Å². The number of ether oxygens (including phenoxy) is 1. The maximum absolute atomic E-state index is 13.9. The molecule has 9 heteroatoms. The topological polar surface area (TPSA) is 88.5 Å². The first-order chi connectivity index (χ1) is 15.0. The highest BCUT2D eigenvalue weighted by Crippen LogP contribution is 2.33. The number of aromatic nitrogens is 2. The van der Waals surface area contributed by atoms with Gasteiger partial charge in [-0.05, 0) is 49.6 Å². The van der Waals surface area contributed by atoms with E-state index >= 15 is 0 Å². The molecule has 0 saturated heterocycles. The van der Waals surface area contributed by atoms with Crippen molar-refractivity contribution < 1.29 is 13.9 Å². The summed E-state index contributed by atoms with van der Waals surface area (Å²) in [6.07, 6.45) is 5.64. The summed E-state index contributed by atoms with van der Waals surface area (Å²) in [6.45, 7) is 1.72. The summed E-state index contributed by atoms with van der Waals surface area (Å²) in [7, 11) is 0. The molecule has 2 aromatic carbocycles. The summed E-state index contributed by atoms with van der Waals surface area (Å²) >= 11 is 4.78. The molecular weight excluding hydrogens is 417 g/mol. The molecule has 0 atom stereocenters. The first-order valence-electron chi connectivity index (χ1n) is 10.1. The number of carbonyl (C=O) groups excluding carboxylic acids is 1. The highest BCUT2D eigenvalue weighted by molar-refractivity contribution is 7.47. The fraction of sp³-hybridized carbons (Fsp3) is 0.318. The van der Waals surface area contributed by atoms with Gasteiger partial charge in [0, 0.05) is 29.9 Å². The van der Waals surface area contributed by atoms with Crippen LogP contribution in [0.4, 0.5) is 21.6 Å². The van der Waals surface area contributed by atoms with Gasteiger partial charge in [-0.25, -0.2) is 14.4 Å². The third-order valence-electron chi connectivity index (χ3n) is 5.30. The Morgan fingerprint density at radius 3 is 2.84 bits per heavy atom. The summed E-state index contributed by atoms with van der Waals surface area (Å²) in [4.78, 5) is 20.9. The maximum atomic E-state index is 13.9. The first kappa shape index (κ1) is 21.0. The number of anilines is 2. The van der Waals surface area contributed by atoms with Gasteiger partial charge in [0.15, 0.2) is 6.61 Å². The van der Waals surface area contributed by atoms with E-state index in [9.17, 15) is 9.18 Å². The molecule has 0 aliphatic heterocycles. The van der Waals surface area contributed by atoms with Gasteiger partial charge in [0.25, 0.3) is 5.91 Å². The van der Waals surface area contributed by atoms with Crippen molar-refractivity contribution in [2.45, 2.75) is 38.6 Å². The number of amides is 1. The Labute approximate surface area is 184 Å². The average Bonchev–Trinajstić information content (AvgIpc) is 3.26. The van der Waals surface area contributed by atoms with Crippen molar-refractivity contribution in [2.24, 2.45) is 4.36 Å². The van der Waals surface area contributed by atoms with Crippen LogP contribution in [0.5, 0.6) is 5.75 Å². The van der Waals surface area contributed by atoms with Gasteiger partial charge in [-0.2, -0.15) is 4.36 Å². The summed E-state index contributed by atoms with van der Waals surface area (Å²) < 4.78 is 23.3. The smallest absolute Gasteiger partial charge is 0.258 e. The van der Waals surface area contributed by atoms with Crippen LogP contribution in [0.2, 0.25) is 0 Å². The Hall–Kier alpha value is -3.20. The fourth-order valence-corrected chi connectivity index (χ4v) is 3.96. The molecule has 2 N–H and O–H groups in total. The zero-order valence-electron chi connectivity index (χ0n) is 17.0. The van der Waals surface area contributed by atoms with E-state index < -0.39 is 5.82 Å². The molecule has 4 rings (SSSR count). The molecule has 1 fully saturated rings. The fourth-order valence-electron chi connectivity index (χ4n) is 3.85. The van der Waals surface area contributed by atoms with E-state index in [2.05, 4.69) is 25.0 Å². The third-order valence-corrected chi connectivity index (χ3v) is 5.51. The van der Waals surface area contributed by atoms with Gasteiger partial charge >= 0.3 is 0 Å². The van der Waals surface area contributed by atoms with Crippen LogP contribution >= 0.6 is 0 Å². The third kappa shape index (κ3) is 4.93. The molecule has 0 spiro atoms. The lowest BCUT2D eigenvalue weighted by Gasteiger charge is -2.16. The summed E-state index contributed by atoms with van der Waals surface area (Å²) in [6, 6.07) is 7.93. The van der Waals surface area contributed by atoms with Crippen LogP contribution in [0.3, 0.4) is 0 Å². The predicted octanol–water partition coefficient (Wildman–Crippen LogP) is 4.62. The van der Waals surface area contributed by atoms with Crippen LogP contribution < -0.4 is 15.4 Å². The number of benzene rings is 2. The van der Waals surface area contributed by atoms with Gasteiger partial charge in [-0.15, -0.1) is 0 Å². The summed E-state index contributed by atoms with van der Waals surface area (Å²) in [5, 5.41) is 6.94. The molecule has 160 valence electrons. The van der Waals surface area contributed by atoms with Crippen molar-refractivity contribution in [3.8, 4) is 5.75 Å². The summed E-state index contributed by atoms with van der Waals surface area (Å²) in [5.74, 6) is 0.0799. The molecule has 1 aliphatic rings. The standard InChI is InChI=1S/C22H22FN5O2S/c1-13-8-16(28-31)10-18-21(13)22(25-12-24-18)27-17-7-6-14(23)9-19(17)30-11-20(29)26-15-4-2-3-5-15/h6-10,12,15H,2-5,11H2,1H3,(H,26,29)(H,24,25,27). The van der Waals surface area contributed by atoms with E-state index in [0.717, 1.165) is 36.6 Å². The Bertz CT molecular complexity index is 1130. The number of nitrogens with one attached hydrogen (secondary N) is 2. The molecule has 1 aliphatic carbocycles. The number of halogens is 1. The average molecular weight is 440 g/mol. The van der Waals surface area contributed by atoms with E-state index in [-0.39, 0.29) is 24.3 Å². The second-order valence-electron chi connectivity index (χ2n) is 7.57. The number of aryl methyl sites for hydroxylation is 1. The lowest BCUT2D eigenvalue weighted by atomic mass is 10.1. The molecule has 0 radical (unpaired) electrons. The van der Waals surface area contributed by atoms with Gasteiger partial charge in [-0.1, -0.05) is 12.8 Å². The van der Waals surface area contributed by atoms with E-state index in [0.29, 0.717) is 22.7 Å². The molecule has 0 unspecified atom stereocenters. The highest BCUT2D eigenvalue weighted by atomic mass is 32.1. The highest BCUT2D eigenvalue weighted by Gasteiger charge is 2.18. The van der Waals surface area contributed by atoms with Crippen molar-refractivity contribution in [3.63, 3.8) is 0 Å². The molecular formula is C22H22FN5O2S. The molecule has 1 heterocycles. The number of rotatable bonds is 7. The van der Waals surface area contributed by atoms with E-state index in [1.165, 1.54) is 18.5 Å². The van der Waals surface area contributed by atoms with Gasteiger partial charge in [0.1, 0.15) is 23.7 Å². The Morgan fingerprint density at radius 2 is 2.06 bits per heavy atom. The SMILES string of the molecule is Cc1cc(N=S)cc2ncnc(Nc3ccc(F)cc3OCC(=O)NC3CCCC3)c12. The minimum atomic E-state index is -0.461. The van der Waals surface area contributed by atoms with Crippen molar-refractivity contribution in [1.29, 1.82) is 0 Å². The minimum absolute atomic E-state index is 0.193. The monoisotopic (exact) mass is 439 g/mol. The Balaban J connectivity index is 1.56. The van der Waals surface area contributed by atoms with Crippen molar-refractivity contribution in [2.75, 3.05) is 11.9 Å². The van der Waals surface area contributed by atoms with E-state index in [1.807, 2.05) is 13.0 Å². The number of fused-ring (bicyclic) bond motifs is 1. The summed E-state index contributed by atoms with van der Waals surface area (Å²) in [5.41, 5.74) is 2.71. The van der Waals surface area contributed by atoms with Gasteiger partial charge < -0.3 is 15.4 Å². The molecule has 31 heavy (non-hydrogen) atoms. The zero-order chi connectivity index (χ0) is 21.8. The second-order valence-corrected chi connectivity index (χ2v) is 7.76. The van der Waals surface area contributed by atoms with Crippen LogP contribution in [0.15, 0.2) is 41.0 Å². The van der Waals surface area contributed by atoms with Crippen molar-refractivity contribution >= 4 is 46.4 Å². The number of nitrogens with zero attached hydrogens (tertiary/aromatic N) is 3. The number of hydrogen-bond acceptors (Lipinski definition) is 7. The normalized spacial score (nSPS) is 13.9. The molecule has 0 bridgehead atoms. The van der Waals surface area contributed by atoms with E-state index in [4.69, 9.17) is 17.2 Å². The van der Waals surface area contributed by atoms with Gasteiger partial charge in [0.2, 0.25) is 0 Å². The largest absolute Gasteiger partial charge is 0.481 e. The maximum Gasteiger partial charge on any atom is 0.258 e. The van der Waals surface area contributed by atoms with Crippen molar-refractivity contribution in [3.05, 3.63) is 48.0 Å². The molecule has 3 aromatic rings. The molecule has 1 saturated carbocycles. The Morgan fingerprint density at radius 1 is 1.26 bits per heavy atom. The van der Waals surface area contributed by atoms with Crippen molar-refractivity contribution in [1.82, 2.24) is 15.3 Å². The number of carbonyl (C=O) groups is 1. The predicted molar refractivity (Wildman–Crippen MR) is 119 cm³/mol. The van der Waals surface area contributed by atoms with E-state index in [1.54, 1.807) is 12.1 Å². The molecule has 7 nitrogen and oxygen atoms in total. The van der Waals surface area contributed by atoms with Crippen LogP contribution in [-0.4, -0.2) is 28.5 Å². The lowest BCUT2D eigenvalue weighted by molar-refractivity contribution is -0.123. The molecule has 1 aromatic heterocycles. The van der Waals surface area contributed by atoms with Crippen LogP contribution in [0.1, 0.15) is 31.2 Å². The van der Waals surface area contributed by atoms with Gasteiger partial charge in [-0.3, -0.25) is 4.79 Å². The molecule has 1 amide bonds. The lowest BCUT2D eigenvalue weighted by Crippen LogP contribution is -2.36. The second kappa shape index (κ2) is 9.30. The Kier molecular flexibility index (Phi) is 6.31. The number of hydrogen-bond donors (Lipinski definition) is 2. The van der Waals surface area contributed by atoms with Gasteiger partial charge in [0.05, 0.1) is 16.9 Å². The quantitative estimate of drug-likeness (QED) is 0.558. The van der Waals surface area contributed by atoms with Crippen LogP contribution in [0.25, 0.3) is 10.9 Å². The van der Waals surface area contributed by atoms with Crippen LogP contribution in [0, 0.1) is 12.7 Å².